The Hall–Kier alpha value is -1.17. The molecule has 0 unspecified atom stereocenters. The lowest BCUT2D eigenvalue weighted by Gasteiger charge is -2.27. The van der Waals surface area contributed by atoms with E-state index in [2.05, 4.69) is 10.2 Å². The van der Waals surface area contributed by atoms with Crippen molar-refractivity contribution in [2.75, 3.05) is 54.1 Å². The molecule has 0 radical (unpaired) electrons. The van der Waals surface area contributed by atoms with Crippen LogP contribution in [0.4, 0.5) is 0 Å². The summed E-state index contributed by atoms with van der Waals surface area (Å²) in [5, 5.41) is 3.95. The van der Waals surface area contributed by atoms with E-state index < -0.39 is 0 Å². The quantitative estimate of drug-likeness (QED) is 0.867. The molecular weight excluding hydrogens is 292 g/mol. The standard InChI is InChI=1S/C15H23ClN2O3/c1-19-12-10-13(20-2)15(21-3)11(14(12)16)4-7-18-8-5-17-6-9-18/h10,17H,4-9H2,1-3H3. The largest absolute Gasteiger partial charge is 0.495 e. The van der Waals surface area contributed by atoms with E-state index >= 15 is 0 Å². The van der Waals surface area contributed by atoms with Crippen LogP contribution in [-0.2, 0) is 6.42 Å². The summed E-state index contributed by atoms with van der Waals surface area (Å²) in [7, 11) is 4.85. The molecule has 0 amide bonds. The molecule has 0 bridgehead atoms. The number of halogens is 1. The van der Waals surface area contributed by atoms with Gasteiger partial charge in [-0.2, -0.15) is 0 Å². The number of rotatable bonds is 6. The van der Waals surface area contributed by atoms with Crippen molar-refractivity contribution in [3.63, 3.8) is 0 Å². The van der Waals surface area contributed by atoms with Gasteiger partial charge in [-0.1, -0.05) is 11.6 Å². The van der Waals surface area contributed by atoms with E-state index in [1.165, 1.54) is 0 Å². The van der Waals surface area contributed by atoms with Crippen LogP contribution in [0.2, 0.25) is 5.02 Å². The maximum Gasteiger partial charge on any atom is 0.165 e. The van der Waals surface area contributed by atoms with Gasteiger partial charge in [0.2, 0.25) is 0 Å². The van der Waals surface area contributed by atoms with Crippen molar-refractivity contribution in [2.45, 2.75) is 6.42 Å². The third-order valence-electron chi connectivity index (χ3n) is 3.77. The van der Waals surface area contributed by atoms with Crippen molar-refractivity contribution in [3.05, 3.63) is 16.7 Å². The number of nitrogens with one attached hydrogen (secondary N) is 1. The summed E-state index contributed by atoms with van der Waals surface area (Å²) in [6.45, 7) is 5.12. The van der Waals surface area contributed by atoms with E-state index in [1.807, 2.05) is 0 Å². The smallest absolute Gasteiger partial charge is 0.165 e. The SMILES string of the molecule is COc1cc(OC)c(OC)c(CCN2CCNCC2)c1Cl. The second kappa shape index (κ2) is 7.73. The van der Waals surface area contributed by atoms with Crippen LogP contribution in [0.25, 0.3) is 0 Å². The Bertz CT molecular complexity index is 476. The van der Waals surface area contributed by atoms with Gasteiger partial charge in [-0.05, 0) is 6.42 Å². The van der Waals surface area contributed by atoms with Crippen LogP contribution >= 0.6 is 11.6 Å². The maximum absolute atomic E-state index is 6.45. The first-order valence-electron chi connectivity index (χ1n) is 7.11. The zero-order chi connectivity index (χ0) is 15.2. The predicted molar refractivity (Wildman–Crippen MR) is 84.1 cm³/mol. The second-order valence-corrected chi connectivity index (χ2v) is 5.33. The third kappa shape index (κ3) is 3.73. The molecule has 0 spiro atoms. The minimum atomic E-state index is 0.602. The number of piperazine rings is 1. The average molecular weight is 315 g/mol. The molecule has 118 valence electrons. The molecule has 1 aromatic rings. The molecule has 1 heterocycles. The van der Waals surface area contributed by atoms with E-state index in [9.17, 15) is 0 Å². The first-order valence-corrected chi connectivity index (χ1v) is 7.49. The van der Waals surface area contributed by atoms with Gasteiger partial charge in [0, 0.05) is 44.4 Å². The molecule has 0 aliphatic carbocycles. The Balaban J connectivity index is 2.22. The molecule has 1 fully saturated rings. The maximum atomic E-state index is 6.45. The summed E-state index contributed by atoms with van der Waals surface area (Å²) >= 11 is 6.45. The number of methoxy groups -OCH3 is 3. The number of nitrogens with zero attached hydrogens (tertiary/aromatic N) is 1. The molecule has 2 rings (SSSR count). The van der Waals surface area contributed by atoms with Crippen LogP contribution in [0.5, 0.6) is 17.2 Å². The van der Waals surface area contributed by atoms with Gasteiger partial charge in [-0.3, -0.25) is 0 Å². The molecule has 6 heteroatoms. The molecular formula is C15H23ClN2O3. The van der Waals surface area contributed by atoms with E-state index in [0.717, 1.165) is 44.7 Å². The molecule has 1 aliphatic rings. The lowest BCUT2D eigenvalue weighted by molar-refractivity contribution is 0.242. The number of hydrogen-bond acceptors (Lipinski definition) is 5. The molecule has 1 aliphatic heterocycles. The minimum Gasteiger partial charge on any atom is -0.495 e. The summed E-state index contributed by atoms with van der Waals surface area (Å²) in [5.41, 5.74) is 0.939. The van der Waals surface area contributed by atoms with Crippen molar-refractivity contribution < 1.29 is 14.2 Å². The number of hydrogen-bond donors (Lipinski definition) is 1. The van der Waals surface area contributed by atoms with Gasteiger partial charge in [-0.15, -0.1) is 0 Å². The lowest BCUT2D eigenvalue weighted by Crippen LogP contribution is -2.44. The fraction of sp³-hybridized carbons (Fsp3) is 0.600. The first kappa shape index (κ1) is 16.2. The zero-order valence-corrected chi connectivity index (χ0v) is 13.6. The molecule has 1 N–H and O–H groups in total. The van der Waals surface area contributed by atoms with E-state index in [-0.39, 0.29) is 0 Å². The van der Waals surface area contributed by atoms with Crippen LogP contribution in [0.1, 0.15) is 5.56 Å². The van der Waals surface area contributed by atoms with Crippen molar-refractivity contribution in [3.8, 4) is 17.2 Å². The Labute approximate surface area is 131 Å². The Morgan fingerprint density at radius 2 is 1.76 bits per heavy atom. The van der Waals surface area contributed by atoms with Crippen molar-refractivity contribution in [1.82, 2.24) is 10.2 Å². The fourth-order valence-electron chi connectivity index (χ4n) is 2.60. The lowest BCUT2D eigenvalue weighted by atomic mass is 10.1. The van der Waals surface area contributed by atoms with Gasteiger partial charge in [-0.25, -0.2) is 0 Å². The van der Waals surface area contributed by atoms with Crippen LogP contribution < -0.4 is 19.5 Å². The predicted octanol–water partition coefficient (Wildman–Crippen LogP) is 1.81. The van der Waals surface area contributed by atoms with Gasteiger partial charge in [0.15, 0.2) is 11.5 Å². The van der Waals surface area contributed by atoms with Crippen LogP contribution in [0.3, 0.4) is 0 Å². The Kier molecular flexibility index (Phi) is 5.96. The van der Waals surface area contributed by atoms with Crippen molar-refractivity contribution in [2.24, 2.45) is 0 Å². The summed E-state index contributed by atoms with van der Waals surface area (Å²) in [6, 6.07) is 1.76. The van der Waals surface area contributed by atoms with Crippen LogP contribution in [-0.4, -0.2) is 59.0 Å². The molecule has 0 saturated carbocycles. The minimum absolute atomic E-state index is 0.602. The topological polar surface area (TPSA) is 43.0 Å². The van der Waals surface area contributed by atoms with Crippen molar-refractivity contribution >= 4 is 11.6 Å². The van der Waals surface area contributed by atoms with Gasteiger partial charge in [0.25, 0.3) is 0 Å². The van der Waals surface area contributed by atoms with E-state index in [4.69, 9.17) is 25.8 Å². The van der Waals surface area contributed by atoms with Gasteiger partial charge in [0.05, 0.1) is 26.4 Å². The molecule has 1 aromatic carbocycles. The third-order valence-corrected chi connectivity index (χ3v) is 4.19. The monoisotopic (exact) mass is 314 g/mol. The molecule has 5 nitrogen and oxygen atoms in total. The van der Waals surface area contributed by atoms with Crippen LogP contribution in [0, 0.1) is 0 Å². The highest BCUT2D eigenvalue weighted by atomic mass is 35.5. The van der Waals surface area contributed by atoms with E-state index in [0.29, 0.717) is 22.3 Å². The summed E-state index contributed by atoms with van der Waals surface area (Å²) in [4.78, 5) is 2.41. The highest BCUT2D eigenvalue weighted by Gasteiger charge is 2.20. The number of ether oxygens (including phenoxy) is 3. The molecule has 21 heavy (non-hydrogen) atoms. The average Bonchev–Trinajstić information content (AvgIpc) is 2.54. The van der Waals surface area contributed by atoms with Gasteiger partial charge < -0.3 is 24.4 Å². The Morgan fingerprint density at radius 3 is 2.33 bits per heavy atom. The van der Waals surface area contributed by atoms with E-state index in [1.54, 1.807) is 27.4 Å². The van der Waals surface area contributed by atoms with Gasteiger partial charge >= 0.3 is 0 Å². The Morgan fingerprint density at radius 1 is 1.10 bits per heavy atom. The second-order valence-electron chi connectivity index (χ2n) is 4.95. The summed E-state index contributed by atoms with van der Waals surface area (Å²) in [6.07, 6.45) is 0.801. The highest BCUT2D eigenvalue weighted by Crippen LogP contribution is 2.42. The fourth-order valence-corrected chi connectivity index (χ4v) is 2.91. The van der Waals surface area contributed by atoms with Crippen LogP contribution in [0.15, 0.2) is 6.07 Å². The highest BCUT2D eigenvalue weighted by molar-refractivity contribution is 6.33. The van der Waals surface area contributed by atoms with Gasteiger partial charge in [0.1, 0.15) is 5.75 Å². The molecule has 0 atom stereocenters. The molecule has 0 aromatic heterocycles. The summed E-state index contributed by atoms with van der Waals surface area (Å²) < 4.78 is 16.2. The zero-order valence-electron chi connectivity index (χ0n) is 12.9. The van der Waals surface area contributed by atoms with Crippen molar-refractivity contribution in [1.29, 1.82) is 0 Å². The summed E-state index contributed by atoms with van der Waals surface area (Å²) in [5.74, 6) is 1.96. The normalized spacial score (nSPS) is 15.8. The first-order chi connectivity index (χ1) is 10.2. The molecule has 1 saturated heterocycles. The number of benzene rings is 1.